The van der Waals surface area contributed by atoms with Gasteiger partial charge in [-0.3, -0.25) is 4.79 Å². The van der Waals surface area contributed by atoms with Crippen LogP contribution in [0.15, 0.2) is 30.5 Å². The fourth-order valence-corrected chi connectivity index (χ4v) is 4.62. The lowest BCUT2D eigenvalue weighted by Crippen LogP contribution is -2.38. The van der Waals surface area contributed by atoms with Crippen molar-refractivity contribution in [3.63, 3.8) is 0 Å². The molecule has 4 heterocycles. The van der Waals surface area contributed by atoms with Gasteiger partial charge in [0.25, 0.3) is 5.91 Å². The number of alkyl halides is 3. The first-order valence-electron chi connectivity index (χ1n) is 11.3. The van der Waals surface area contributed by atoms with Crippen LogP contribution < -0.4 is 10.1 Å². The number of piperidine rings is 1. The number of hydrogen-bond acceptors (Lipinski definition) is 6. The average Bonchev–Trinajstić information content (AvgIpc) is 3.28. The van der Waals surface area contributed by atoms with Gasteiger partial charge in [-0.05, 0) is 43.0 Å². The topological polar surface area (TPSA) is 92.4 Å². The molecule has 1 atom stereocenters. The minimum absolute atomic E-state index is 0.147. The molecule has 1 amide bonds. The molecule has 2 N–H and O–H groups in total. The normalized spacial score (nSPS) is 19.8. The van der Waals surface area contributed by atoms with E-state index in [0.717, 1.165) is 18.7 Å². The molecule has 0 saturated carbocycles. The van der Waals surface area contributed by atoms with E-state index in [1.54, 1.807) is 4.90 Å². The molecule has 0 radical (unpaired) electrons. The highest BCUT2D eigenvalue weighted by atomic mass is 19.4. The summed E-state index contributed by atoms with van der Waals surface area (Å²) in [6.07, 6.45) is -2.85. The number of amides is 1. The number of carbonyl (C=O) groups is 1. The molecule has 186 valence electrons. The number of carbonyl (C=O) groups excluding carboxylic acids is 1. The van der Waals surface area contributed by atoms with Crippen LogP contribution in [-0.4, -0.2) is 64.9 Å². The molecule has 5 rings (SSSR count). The van der Waals surface area contributed by atoms with Gasteiger partial charge in [0.2, 0.25) is 0 Å². The van der Waals surface area contributed by atoms with E-state index in [1.807, 2.05) is 0 Å². The first-order valence-corrected chi connectivity index (χ1v) is 11.3. The zero-order chi connectivity index (χ0) is 24.6. The van der Waals surface area contributed by atoms with Crippen LogP contribution in [0.25, 0.3) is 11.2 Å². The van der Waals surface area contributed by atoms with E-state index in [1.165, 1.54) is 18.3 Å². The lowest BCUT2D eigenvalue weighted by atomic mass is 9.88. The third-order valence-corrected chi connectivity index (χ3v) is 6.29. The summed E-state index contributed by atoms with van der Waals surface area (Å²) in [6.45, 7) is 2.68. The number of pyridine rings is 1. The molecule has 0 aliphatic carbocycles. The van der Waals surface area contributed by atoms with Crippen LogP contribution in [0.1, 0.15) is 46.6 Å². The predicted octanol–water partition coefficient (Wildman–Crippen LogP) is 3.68. The number of morpholine rings is 1. The highest BCUT2D eigenvalue weighted by Gasteiger charge is 2.32. The molecule has 2 aliphatic heterocycles. The summed E-state index contributed by atoms with van der Waals surface area (Å²) in [4.78, 5) is 26.3. The minimum atomic E-state index is -4.79. The smallest absolute Gasteiger partial charge is 0.406 e. The molecular weight excluding hydrogens is 470 g/mol. The van der Waals surface area contributed by atoms with Gasteiger partial charge in [0.05, 0.1) is 18.3 Å². The standard InChI is InChI=1S/C23H23F4N5O3/c24-16-11-29-21-19(30-20(31-21)17-12-28-7-10-34-17)18(16)13-5-8-32(9-6-13)22(33)14-1-3-15(4-2-14)35-23(25,26)27/h1-4,11,13,17,28H,5-10,12H2,(H,29,30,31). The lowest BCUT2D eigenvalue weighted by molar-refractivity contribution is -0.274. The van der Waals surface area contributed by atoms with Gasteiger partial charge in [0.15, 0.2) is 5.65 Å². The fourth-order valence-electron chi connectivity index (χ4n) is 4.62. The Balaban J connectivity index is 1.28. The second-order valence-electron chi connectivity index (χ2n) is 8.54. The molecule has 12 heteroatoms. The molecule has 2 aliphatic rings. The quantitative estimate of drug-likeness (QED) is 0.539. The van der Waals surface area contributed by atoms with Crippen LogP contribution in [0.3, 0.4) is 0 Å². The first-order chi connectivity index (χ1) is 16.8. The first kappa shape index (κ1) is 23.5. The summed E-state index contributed by atoms with van der Waals surface area (Å²) >= 11 is 0. The Morgan fingerprint density at radius 2 is 1.91 bits per heavy atom. The highest BCUT2D eigenvalue weighted by molar-refractivity contribution is 5.94. The van der Waals surface area contributed by atoms with Crippen molar-refractivity contribution in [1.29, 1.82) is 0 Å². The molecule has 0 bridgehead atoms. The Labute approximate surface area is 197 Å². The molecule has 8 nitrogen and oxygen atoms in total. The van der Waals surface area contributed by atoms with E-state index in [0.29, 0.717) is 61.6 Å². The van der Waals surface area contributed by atoms with Crippen LogP contribution in [-0.2, 0) is 4.74 Å². The maximum Gasteiger partial charge on any atom is 0.573 e. The number of imidazole rings is 1. The number of ether oxygens (including phenoxy) is 2. The molecule has 0 spiro atoms. The second-order valence-corrected chi connectivity index (χ2v) is 8.54. The molecular formula is C23H23F4N5O3. The fraction of sp³-hybridized carbons (Fsp3) is 0.435. The Kier molecular flexibility index (Phi) is 6.32. The average molecular weight is 493 g/mol. The zero-order valence-corrected chi connectivity index (χ0v) is 18.6. The van der Waals surface area contributed by atoms with E-state index >= 15 is 0 Å². The number of likely N-dealkylation sites (tertiary alicyclic amines) is 1. The van der Waals surface area contributed by atoms with Crippen LogP contribution in [0.5, 0.6) is 5.75 Å². The number of H-pyrrole nitrogens is 1. The van der Waals surface area contributed by atoms with E-state index < -0.39 is 17.9 Å². The summed E-state index contributed by atoms with van der Waals surface area (Å²) in [7, 11) is 0. The van der Waals surface area contributed by atoms with E-state index in [4.69, 9.17) is 4.74 Å². The van der Waals surface area contributed by atoms with Crippen LogP contribution in [0.2, 0.25) is 0 Å². The van der Waals surface area contributed by atoms with Crippen molar-refractivity contribution >= 4 is 17.1 Å². The maximum atomic E-state index is 14.9. The molecule has 2 aromatic heterocycles. The molecule has 2 saturated heterocycles. The third-order valence-electron chi connectivity index (χ3n) is 6.29. The van der Waals surface area contributed by atoms with Gasteiger partial charge in [-0.25, -0.2) is 14.4 Å². The van der Waals surface area contributed by atoms with Crippen molar-refractivity contribution in [2.24, 2.45) is 0 Å². The summed E-state index contributed by atoms with van der Waals surface area (Å²) in [6, 6.07) is 4.82. The summed E-state index contributed by atoms with van der Waals surface area (Å²) in [5, 5.41) is 3.23. The van der Waals surface area contributed by atoms with Gasteiger partial charge >= 0.3 is 6.36 Å². The Morgan fingerprint density at radius 1 is 1.17 bits per heavy atom. The zero-order valence-electron chi connectivity index (χ0n) is 18.6. The second kappa shape index (κ2) is 9.42. The van der Waals surface area contributed by atoms with Gasteiger partial charge in [-0.2, -0.15) is 0 Å². The van der Waals surface area contributed by atoms with Crippen LogP contribution in [0.4, 0.5) is 17.6 Å². The van der Waals surface area contributed by atoms with Gasteiger partial charge < -0.3 is 24.7 Å². The van der Waals surface area contributed by atoms with Crippen molar-refractivity contribution in [2.75, 3.05) is 32.8 Å². The van der Waals surface area contributed by atoms with E-state index in [2.05, 4.69) is 25.0 Å². The molecule has 35 heavy (non-hydrogen) atoms. The van der Waals surface area contributed by atoms with Crippen LogP contribution >= 0.6 is 0 Å². The van der Waals surface area contributed by atoms with Gasteiger partial charge in [0, 0.05) is 37.3 Å². The number of nitrogens with one attached hydrogen (secondary N) is 2. The summed E-state index contributed by atoms with van der Waals surface area (Å²) < 4.78 is 61.5. The number of hydrogen-bond donors (Lipinski definition) is 2. The van der Waals surface area contributed by atoms with Gasteiger partial charge in [-0.1, -0.05) is 0 Å². The van der Waals surface area contributed by atoms with E-state index in [9.17, 15) is 22.4 Å². The molecule has 3 aromatic rings. The maximum absolute atomic E-state index is 14.9. The monoisotopic (exact) mass is 493 g/mol. The number of aromatic amines is 1. The lowest BCUT2D eigenvalue weighted by Gasteiger charge is -2.32. The summed E-state index contributed by atoms with van der Waals surface area (Å²) in [5.74, 6) is -0.672. The molecule has 2 fully saturated rings. The van der Waals surface area contributed by atoms with Crippen molar-refractivity contribution in [3.05, 3.63) is 53.2 Å². The Hall–Kier alpha value is -3.25. The third kappa shape index (κ3) is 5.08. The number of fused-ring (bicyclic) bond motifs is 1. The minimum Gasteiger partial charge on any atom is -0.406 e. The van der Waals surface area contributed by atoms with Crippen LogP contribution in [0, 0.1) is 5.82 Å². The predicted molar refractivity (Wildman–Crippen MR) is 116 cm³/mol. The highest BCUT2D eigenvalue weighted by Crippen LogP contribution is 2.35. The molecule has 1 aromatic carbocycles. The molecule has 1 unspecified atom stereocenters. The van der Waals surface area contributed by atoms with Crippen molar-refractivity contribution in [1.82, 2.24) is 25.2 Å². The summed E-state index contributed by atoms with van der Waals surface area (Å²) in [5.41, 5.74) is 1.72. The number of benzene rings is 1. The largest absolute Gasteiger partial charge is 0.573 e. The van der Waals surface area contributed by atoms with Gasteiger partial charge in [-0.15, -0.1) is 13.2 Å². The van der Waals surface area contributed by atoms with Crippen molar-refractivity contribution < 1.29 is 31.8 Å². The number of aromatic nitrogens is 3. The van der Waals surface area contributed by atoms with Crippen molar-refractivity contribution in [2.45, 2.75) is 31.2 Å². The number of rotatable bonds is 4. The van der Waals surface area contributed by atoms with Crippen molar-refractivity contribution in [3.8, 4) is 5.75 Å². The van der Waals surface area contributed by atoms with Gasteiger partial charge in [0.1, 0.15) is 23.5 Å². The SMILES string of the molecule is O=C(c1ccc(OC(F)(F)F)cc1)N1CCC(c2c(F)cnc3nc(C4CNCCO4)[nH]c23)CC1. The number of halogens is 4. The van der Waals surface area contributed by atoms with E-state index in [-0.39, 0.29) is 23.5 Å². The Morgan fingerprint density at radius 3 is 2.57 bits per heavy atom. The number of nitrogens with zero attached hydrogens (tertiary/aromatic N) is 3. The Bertz CT molecular complexity index is 1200.